The normalized spacial score (nSPS) is 10.8. The first-order valence-electron chi connectivity index (χ1n) is 17.9. The van der Waals surface area contributed by atoms with Crippen LogP contribution in [0.1, 0.15) is 70.7 Å². The van der Waals surface area contributed by atoms with Gasteiger partial charge in [-0.05, 0) is 113 Å². The highest BCUT2D eigenvalue weighted by Gasteiger charge is 2.12. The van der Waals surface area contributed by atoms with Crippen LogP contribution in [0.25, 0.3) is 12.2 Å². The molecular formula is C48H45NO4. The van der Waals surface area contributed by atoms with Gasteiger partial charge in [0.05, 0.1) is 0 Å². The van der Waals surface area contributed by atoms with Crippen LogP contribution in [0.3, 0.4) is 0 Å². The van der Waals surface area contributed by atoms with Crippen LogP contribution in [-0.2, 0) is 0 Å². The van der Waals surface area contributed by atoms with Gasteiger partial charge in [0.1, 0.15) is 23.0 Å². The Morgan fingerprint density at radius 2 is 0.830 bits per heavy atom. The number of benzene rings is 6. The van der Waals surface area contributed by atoms with E-state index in [2.05, 4.69) is 18.7 Å². The average molecular weight is 700 g/mol. The van der Waals surface area contributed by atoms with E-state index in [0.717, 1.165) is 52.5 Å². The summed E-state index contributed by atoms with van der Waals surface area (Å²) in [5.74, 6) is 2.92. The fraction of sp³-hybridized carbons (Fsp3) is 0.125. The minimum Gasteiger partial charge on any atom is -0.457 e. The number of ether oxygens (including phenoxy) is 2. The fourth-order valence-corrected chi connectivity index (χ4v) is 5.72. The van der Waals surface area contributed by atoms with Crippen LogP contribution in [0, 0.1) is 0 Å². The van der Waals surface area contributed by atoms with E-state index in [1.807, 2.05) is 166 Å². The van der Waals surface area contributed by atoms with Crippen molar-refractivity contribution in [2.45, 2.75) is 27.7 Å². The molecule has 0 fully saturated rings. The number of nitrogens with zero attached hydrogens (tertiary/aromatic N) is 1. The Kier molecular flexibility index (Phi) is 13.7. The molecule has 0 heterocycles. The molecule has 0 N–H and O–H groups in total. The monoisotopic (exact) mass is 699 g/mol. The number of allylic oxidation sites excluding steroid dienone is 2. The number of para-hydroxylation sites is 2. The molecule has 0 aliphatic heterocycles. The highest BCUT2D eigenvalue weighted by Crippen LogP contribution is 2.29. The summed E-state index contributed by atoms with van der Waals surface area (Å²) in [6.45, 7) is 10.2. The Labute approximate surface area is 313 Å². The molecule has 5 heteroatoms. The van der Waals surface area contributed by atoms with Gasteiger partial charge in [0.15, 0.2) is 11.6 Å². The zero-order chi connectivity index (χ0) is 37.4. The molecule has 6 aromatic carbocycles. The lowest BCUT2D eigenvalue weighted by Gasteiger charge is -2.21. The molecule has 6 aromatic rings. The van der Waals surface area contributed by atoms with Crippen LogP contribution in [0.5, 0.6) is 23.0 Å². The van der Waals surface area contributed by atoms with E-state index in [1.54, 1.807) is 24.3 Å². The van der Waals surface area contributed by atoms with Gasteiger partial charge < -0.3 is 14.4 Å². The van der Waals surface area contributed by atoms with Gasteiger partial charge in [-0.25, -0.2) is 0 Å². The summed E-state index contributed by atoms with van der Waals surface area (Å²) in [6.07, 6.45) is 7.95. The van der Waals surface area contributed by atoms with Crippen LogP contribution < -0.4 is 14.4 Å². The van der Waals surface area contributed by atoms with Crippen LogP contribution in [0.2, 0.25) is 0 Å². The molecule has 0 atom stereocenters. The predicted octanol–water partition coefficient (Wildman–Crippen LogP) is 12.3. The molecule has 0 aliphatic carbocycles. The van der Waals surface area contributed by atoms with E-state index in [4.69, 9.17) is 9.47 Å². The Morgan fingerprint density at radius 1 is 0.472 bits per heavy atom. The quantitative estimate of drug-likeness (QED) is 0.112. The second kappa shape index (κ2) is 19.2. The van der Waals surface area contributed by atoms with Gasteiger partial charge in [-0.15, -0.1) is 0 Å². The van der Waals surface area contributed by atoms with Gasteiger partial charge in [0, 0.05) is 52.2 Å². The molecule has 0 unspecified atom stereocenters. The zero-order valence-electron chi connectivity index (χ0n) is 30.7. The van der Waals surface area contributed by atoms with Crippen molar-refractivity contribution in [2.24, 2.45) is 0 Å². The van der Waals surface area contributed by atoms with Gasteiger partial charge in [0.2, 0.25) is 0 Å². The molecule has 6 rings (SSSR count). The first kappa shape index (κ1) is 37.8. The second-order valence-electron chi connectivity index (χ2n) is 12.1. The van der Waals surface area contributed by atoms with Crippen molar-refractivity contribution in [1.82, 2.24) is 0 Å². The van der Waals surface area contributed by atoms with Crippen molar-refractivity contribution in [3.8, 4) is 23.0 Å². The summed E-state index contributed by atoms with van der Waals surface area (Å²) in [5, 5.41) is 0. The van der Waals surface area contributed by atoms with E-state index in [-0.39, 0.29) is 11.6 Å². The average Bonchev–Trinajstić information content (AvgIpc) is 3.21. The largest absolute Gasteiger partial charge is 0.457 e. The SMILES string of the molecule is C/C=C\c1ccccc1Oc1ccc(C(=O)c2ccc(Oc3ccccc3/C=C\C)cc2)cc1.CCN(CC)c1ccc(C(=O)c2ccccc2)cc1. The van der Waals surface area contributed by atoms with E-state index >= 15 is 0 Å². The number of hydrogen-bond acceptors (Lipinski definition) is 5. The smallest absolute Gasteiger partial charge is 0.193 e. The molecule has 5 nitrogen and oxygen atoms in total. The lowest BCUT2D eigenvalue weighted by molar-refractivity contribution is 0.103. The van der Waals surface area contributed by atoms with Gasteiger partial charge in [-0.2, -0.15) is 0 Å². The minimum absolute atomic E-state index is 0.0540. The number of anilines is 1. The van der Waals surface area contributed by atoms with Crippen LogP contribution in [0.15, 0.2) is 164 Å². The third-order valence-corrected chi connectivity index (χ3v) is 8.51. The van der Waals surface area contributed by atoms with Crippen LogP contribution >= 0.6 is 0 Å². The number of carbonyl (C=O) groups is 2. The van der Waals surface area contributed by atoms with Crippen LogP contribution in [0.4, 0.5) is 5.69 Å². The molecule has 0 bridgehead atoms. The highest BCUT2D eigenvalue weighted by molar-refractivity contribution is 6.09. The van der Waals surface area contributed by atoms with E-state index < -0.39 is 0 Å². The summed E-state index contributed by atoms with van der Waals surface area (Å²) < 4.78 is 12.0. The molecule has 0 radical (unpaired) electrons. The molecule has 0 saturated heterocycles. The molecule has 0 aliphatic rings. The fourth-order valence-electron chi connectivity index (χ4n) is 5.72. The highest BCUT2D eigenvalue weighted by atomic mass is 16.5. The first-order valence-corrected chi connectivity index (χ1v) is 17.9. The maximum Gasteiger partial charge on any atom is 0.193 e. The second-order valence-corrected chi connectivity index (χ2v) is 12.1. The third-order valence-electron chi connectivity index (χ3n) is 8.51. The lowest BCUT2D eigenvalue weighted by Crippen LogP contribution is -2.21. The first-order chi connectivity index (χ1) is 25.9. The van der Waals surface area contributed by atoms with Gasteiger partial charge in [-0.1, -0.05) is 91.0 Å². The Morgan fingerprint density at radius 3 is 1.23 bits per heavy atom. The molecule has 266 valence electrons. The summed E-state index contributed by atoms with van der Waals surface area (Å²) in [6, 6.07) is 47.3. The molecule has 0 aromatic heterocycles. The van der Waals surface area contributed by atoms with Crippen molar-refractivity contribution in [2.75, 3.05) is 18.0 Å². The number of hydrogen-bond donors (Lipinski definition) is 0. The standard InChI is InChI=1S/C31H26O3.C17H19NO/c1-3-9-23-11-5-7-13-29(23)33-27-19-15-25(16-20-27)31(32)26-17-21-28(22-18-26)34-30-14-8-6-12-24(30)10-4-2;1-3-18(4-2)16-12-10-15(11-13-16)17(19)14-8-6-5-7-9-14/h3-22H,1-2H3;5-13H,3-4H2,1-2H3/b9-3-,10-4-;. The Bertz CT molecular complexity index is 2030. The predicted molar refractivity (Wildman–Crippen MR) is 219 cm³/mol. The minimum atomic E-state index is -0.0540. The van der Waals surface area contributed by atoms with Crippen molar-refractivity contribution >= 4 is 29.4 Å². The summed E-state index contributed by atoms with van der Waals surface area (Å²) in [4.78, 5) is 27.5. The Hall–Kier alpha value is -6.46. The van der Waals surface area contributed by atoms with Crippen LogP contribution in [-0.4, -0.2) is 24.7 Å². The van der Waals surface area contributed by atoms with Crippen molar-refractivity contribution in [1.29, 1.82) is 0 Å². The number of rotatable bonds is 13. The van der Waals surface area contributed by atoms with Crippen molar-refractivity contribution in [3.63, 3.8) is 0 Å². The van der Waals surface area contributed by atoms with E-state index in [1.165, 1.54) is 0 Å². The molecule has 0 saturated carbocycles. The molecule has 0 spiro atoms. The van der Waals surface area contributed by atoms with Gasteiger partial charge in [-0.3, -0.25) is 9.59 Å². The number of ketones is 2. The maximum absolute atomic E-state index is 13.0. The van der Waals surface area contributed by atoms with Gasteiger partial charge in [0.25, 0.3) is 0 Å². The van der Waals surface area contributed by atoms with Crippen molar-refractivity contribution < 1.29 is 19.1 Å². The zero-order valence-corrected chi connectivity index (χ0v) is 30.7. The summed E-state index contributed by atoms with van der Waals surface area (Å²) in [5.41, 5.74) is 5.83. The third kappa shape index (κ3) is 10.3. The Balaban J connectivity index is 0.000000241. The number of carbonyl (C=O) groups excluding carboxylic acids is 2. The molecule has 53 heavy (non-hydrogen) atoms. The summed E-state index contributed by atoms with van der Waals surface area (Å²) >= 11 is 0. The summed E-state index contributed by atoms with van der Waals surface area (Å²) in [7, 11) is 0. The lowest BCUT2D eigenvalue weighted by atomic mass is 10.0. The topological polar surface area (TPSA) is 55.8 Å². The van der Waals surface area contributed by atoms with Crippen molar-refractivity contribution in [3.05, 3.63) is 197 Å². The van der Waals surface area contributed by atoms with E-state index in [0.29, 0.717) is 22.6 Å². The maximum atomic E-state index is 13.0. The molecular weight excluding hydrogens is 655 g/mol. The van der Waals surface area contributed by atoms with Gasteiger partial charge >= 0.3 is 0 Å². The van der Waals surface area contributed by atoms with E-state index in [9.17, 15) is 9.59 Å². The molecule has 0 amide bonds.